The number of hydrogen-bond acceptors (Lipinski definition) is 10. The lowest BCUT2D eigenvalue weighted by Crippen LogP contribution is -2.51. The van der Waals surface area contributed by atoms with E-state index in [4.69, 9.17) is 19.6 Å². The first-order valence-electron chi connectivity index (χ1n) is 14.6. The van der Waals surface area contributed by atoms with Gasteiger partial charge in [0.05, 0.1) is 30.1 Å². The van der Waals surface area contributed by atoms with Gasteiger partial charge in [-0.3, -0.25) is 4.79 Å². The third-order valence-corrected chi connectivity index (χ3v) is 7.89. The van der Waals surface area contributed by atoms with E-state index in [9.17, 15) is 9.18 Å². The number of anilines is 2. The van der Waals surface area contributed by atoms with Crippen LogP contribution >= 0.6 is 0 Å². The van der Waals surface area contributed by atoms with E-state index in [0.29, 0.717) is 33.8 Å². The number of furan rings is 1. The molecule has 4 aromatic heterocycles. The number of hydrogen-bond donors (Lipinski definition) is 1. The van der Waals surface area contributed by atoms with Gasteiger partial charge in [0.1, 0.15) is 6.61 Å². The van der Waals surface area contributed by atoms with E-state index < -0.39 is 17.7 Å². The second-order valence-corrected chi connectivity index (χ2v) is 10.6. The fourth-order valence-electron chi connectivity index (χ4n) is 5.60. The van der Waals surface area contributed by atoms with Crippen LogP contribution in [0.25, 0.3) is 28.3 Å². The summed E-state index contributed by atoms with van der Waals surface area (Å²) >= 11 is 0. The molecule has 1 fully saturated rings. The Morgan fingerprint density at radius 2 is 1.78 bits per heavy atom. The van der Waals surface area contributed by atoms with Crippen molar-refractivity contribution in [3.63, 3.8) is 0 Å². The highest BCUT2D eigenvalue weighted by Crippen LogP contribution is 2.31. The molecule has 0 radical (unpaired) electrons. The lowest BCUT2D eigenvalue weighted by Gasteiger charge is -2.37. The molecule has 0 spiro atoms. The van der Waals surface area contributed by atoms with E-state index in [1.165, 1.54) is 34.7 Å². The van der Waals surface area contributed by atoms with Crippen LogP contribution in [-0.4, -0.2) is 86.7 Å². The summed E-state index contributed by atoms with van der Waals surface area (Å²) in [6.07, 6.45) is 3.11. The van der Waals surface area contributed by atoms with E-state index >= 15 is 4.39 Å². The van der Waals surface area contributed by atoms with E-state index in [1.54, 1.807) is 28.1 Å². The summed E-state index contributed by atoms with van der Waals surface area (Å²) in [6, 6.07) is 14.7. The Labute approximate surface area is 260 Å². The average molecular weight is 630 g/mol. The average Bonchev–Trinajstić information content (AvgIpc) is 3.85. The highest BCUT2D eigenvalue weighted by atomic mass is 19.2. The molecule has 6 aromatic rings. The van der Waals surface area contributed by atoms with Gasteiger partial charge >= 0.3 is 0 Å². The predicted octanol–water partition coefficient (Wildman–Crippen LogP) is 3.56. The molecule has 1 unspecified atom stereocenters. The highest BCUT2D eigenvalue weighted by Gasteiger charge is 2.33. The number of benzene rings is 2. The molecule has 15 heteroatoms. The molecule has 7 rings (SSSR count). The third-order valence-electron chi connectivity index (χ3n) is 7.89. The number of piperazine rings is 1. The number of ether oxygens (including phenoxy) is 2. The molecule has 0 saturated carbocycles. The van der Waals surface area contributed by atoms with Crippen molar-refractivity contribution in [3.05, 3.63) is 84.3 Å². The van der Waals surface area contributed by atoms with Crippen molar-refractivity contribution in [1.82, 2.24) is 34.3 Å². The summed E-state index contributed by atoms with van der Waals surface area (Å²) in [5, 5.41) is 9.58. The van der Waals surface area contributed by atoms with Crippen molar-refractivity contribution in [2.24, 2.45) is 0 Å². The Hall–Kier alpha value is -5.57. The Morgan fingerprint density at radius 1 is 0.978 bits per heavy atom. The van der Waals surface area contributed by atoms with Crippen molar-refractivity contribution in [1.29, 1.82) is 0 Å². The van der Waals surface area contributed by atoms with Gasteiger partial charge in [-0.05, 0) is 29.8 Å². The molecule has 236 valence electrons. The van der Waals surface area contributed by atoms with Crippen LogP contribution in [0.15, 0.2) is 71.5 Å². The summed E-state index contributed by atoms with van der Waals surface area (Å²) in [5.41, 5.74) is 7.88. The minimum Gasteiger partial charge on any atom is -0.488 e. The number of halogens is 2. The maximum atomic E-state index is 15.1. The Balaban J connectivity index is 1.17. The second-order valence-electron chi connectivity index (χ2n) is 10.6. The zero-order valence-electron chi connectivity index (χ0n) is 24.7. The highest BCUT2D eigenvalue weighted by molar-refractivity contribution is 5.92. The number of rotatable bonds is 9. The lowest BCUT2D eigenvalue weighted by atomic mass is 10.0. The van der Waals surface area contributed by atoms with Gasteiger partial charge < -0.3 is 29.4 Å². The standard InChI is InChI=1S/C31H29F2N9O4/c1-44-16-17-46-22-10-9-21(24(32)25(22)33)39-11-13-40(14-12-39)30(43)26(19-6-3-2-4-7-19)41-29-20(18-35-41)28-36-27(23-8-5-15-45-23)38-42(28)31(34)37-29/h2-10,15,18,26H,11-14,16-17H2,1H3,(H2,34,37). The van der Waals surface area contributed by atoms with Crippen molar-refractivity contribution >= 4 is 34.2 Å². The van der Waals surface area contributed by atoms with Crippen molar-refractivity contribution in [2.75, 3.05) is 57.1 Å². The zero-order valence-corrected chi connectivity index (χ0v) is 24.7. The second kappa shape index (κ2) is 12.1. The van der Waals surface area contributed by atoms with Gasteiger partial charge in [-0.25, -0.2) is 14.1 Å². The van der Waals surface area contributed by atoms with Crippen molar-refractivity contribution < 1.29 is 27.5 Å². The van der Waals surface area contributed by atoms with Crippen LogP contribution in [0, 0.1) is 11.6 Å². The number of methoxy groups -OCH3 is 1. The first-order chi connectivity index (χ1) is 22.4. The van der Waals surface area contributed by atoms with Crippen LogP contribution in [0.4, 0.5) is 20.4 Å². The summed E-state index contributed by atoms with van der Waals surface area (Å²) in [5.74, 6) is -1.62. The number of carbonyl (C=O) groups excluding carboxylic acids is 1. The maximum absolute atomic E-state index is 15.1. The predicted molar refractivity (Wildman–Crippen MR) is 163 cm³/mol. The quantitative estimate of drug-likeness (QED) is 0.236. The number of nitrogen functional groups attached to an aromatic ring is 1. The fraction of sp³-hybridized carbons (Fsp3) is 0.258. The van der Waals surface area contributed by atoms with Gasteiger partial charge in [0, 0.05) is 33.3 Å². The monoisotopic (exact) mass is 629 g/mol. The molecule has 0 bridgehead atoms. The van der Waals surface area contributed by atoms with Crippen LogP contribution in [0.1, 0.15) is 11.6 Å². The minimum atomic E-state index is -1.06. The zero-order chi connectivity index (χ0) is 31.8. The van der Waals surface area contributed by atoms with Crippen LogP contribution in [0.5, 0.6) is 5.75 Å². The topological polar surface area (TPSA) is 142 Å². The molecule has 0 aliphatic carbocycles. The number of carbonyl (C=O) groups is 1. The van der Waals surface area contributed by atoms with Gasteiger partial charge in [-0.15, -0.1) is 5.10 Å². The molecule has 1 aliphatic heterocycles. The van der Waals surface area contributed by atoms with Crippen LogP contribution in [-0.2, 0) is 9.53 Å². The van der Waals surface area contributed by atoms with Gasteiger partial charge in [-0.1, -0.05) is 30.3 Å². The van der Waals surface area contributed by atoms with Gasteiger partial charge in [0.15, 0.2) is 34.7 Å². The number of aromatic nitrogens is 6. The van der Waals surface area contributed by atoms with Crippen molar-refractivity contribution in [3.8, 4) is 17.3 Å². The third kappa shape index (κ3) is 5.13. The lowest BCUT2D eigenvalue weighted by molar-refractivity contribution is -0.134. The summed E-state index contributed by atoms with van der Waals surface area (Å²) in [4.78, 5) is 26.8. The number of nitrogens with two attached hydrogens (primary N) is 1. The van der Waals surface area contributed by atoms with E-state index in [1.807, 2.05) is 30.3 Å². The Morgan fingerprint density at radius 3 is 2.52 bits per heavy atom. The molecule has 1 amide bonds. The molecular formula is C31H29F2N9O4. The van der Waals surface area contributed by atoms with Crippen LogP contribution in [0.2, 0.25) is 0 Å². The number of fused-ring (bicyclic) bond motifs is 3. The molecule has 13 nitrogen and oxygen atoms in total. The van der Waals surface area contributed by atoms with Gasteiger partial charge in [0.25, 0.3) is 5.91 Å². The Bertz CT molecular complexity index is 2010. The summed E-state index contributed by atoms with van der Waals surface area (Å²) in [6.45, 7) is 1.45. The van der Waals surface area contributed by atoms with Gasteiger partial charge in [0.2, 0.25) is 17.6 Å². The molecule has 46 heavy (non-hydrogen) atoms. The van der Waals surface area contributed by atoms with Crippen LogP contribution < -0.4 is 15.4 Å². The van der Waals surface area contributed by atoms with Crippen LogP contribution in [0.3, 0.4) is 0 Å². The maximum Gasteiger partial charge on any atom is 0.252 e. The van der Waals surface area contributed by atoms with E-state index in [2.05, 4.69) is 20.2 Å². The molecule has 2 N–H and O–H groups in total. The Kier molecular flexibility index (Phi) is 7.66. The van der Waals surface area contributed by atoms with E-state index in [0.717, 1.165) is 0 Å². The molecule has 1 aliphatic rings. The number of amides is 1. The molecule has 2 aromatic carbocycles. The molecular weight excluding hydrogens is 600 g/mol. The normalized spacial score (nSPS) is 14.3. The van der Waals surface area contributed by atoms with Crippen molar-refractivity contribution in [2.45, 2.75) is 6.04 Å². The fourth-order valence-corrected chi connectivity index (χ4v) is 5.60. The van der Waals surface area contributed by atoms with Gasteiger partial charge in [-0.2, -0.15) is 19.0 Å². The largest absolute Gasteiger partial charge is 0.488 e. The summed E-state index contributed by atoms with van der Waals surface area (Å²) < 4.78 is 48.4. The smallest absolute Gasteiger partial charge is 0.252 e. The van der Waals surface area contributed by atoms with E-state index in [-0.39, 0.29) is 62.7 Å². The molecule has 1 atom stereocenters. The molecule has 5 heterocycles. The summed E-state index contributed by atoms with van der Waals surface area (Å²) in [7, 11) is 1.49. The first kappa shape index (κ1) is 29.2. The number of nitrogens with zero attached hydrogens (tertiary/aromatic N) is 8. The minimum absolute atomic E-state index is 0.0619. The SMILES string of the molecule is COCCOc1ccc(N2CCN(C(=O)C(c3ccccc3)n3ncc4c3nc(N)n3nc(-c5ccco5)nc43)CC2)c(F)c1F. The first-order valence-corrected chi connectivity index (χ1v) is 14.6. The molecule has 1 saturated heterocycles.